The fraction of sp³-hybridized carbons (Fsp3) is 0.683. The summed E-state index contributed by atoms with van der Waals surface area (Å²) in [5, 5.41) is 16.3. The van der Waals surface area contributed by atoms with E-state index < -0.39 is 13.9 Å². The number of aromatic nitrogens is 1. The summed E-state index contributed by atoms with van der Waals surface area (Å²) in [5.41, 5.74) is 12.1. The van der Waals surface area contributed by atoms with Crippen LogP contribution in [0.15, 0.2) is 35.3 Å². The maximum absolute atomic E-state index is 13.0. The zero-order valence-corrected chi connectivity index (χ0v) is 34.5. The smallest absolute Gasteiger partial charge is 0.382 e. The van der Waals surface area contributed by atoms with E-state index in [1.807, 2.05) is 16.8 Å². The van der Waals surface area contributed by atoms with Gasteiger partial charge in [-0.25, -0.2) is 14.8 Å². The van der Waals surface area contributed by atoms with Crippen LogP contribution in [0.2, 0.25) is 5.02 Å². The first kappa shape index (κ1) is 46.5. The van der Waals surface area contributed by atoms with Crippen molar-refractivity contribution >= 4 is 25.3 Å². The Morgan fingerprint density at radius 1 is 0.982 bits per heavy atom. The molecule has 2 aliphatic rings. The number of hydrogen-bond donors (Lipinski definition) is 3. The molecule has 4 unspecified atom stereocenters. The third-order valence-corrected chi connectivity index (χ3v) is 11.3. The highest BCUT2D eigenvalue weighted by Crippen LogP contribution is 2.45. The van der Waals surface area contributed by atoms with E-state index in [4.69, 9.17) is 41.1 Å². The monoisotopic (exact) mass is 802 g/mol. The van der Waals surface area contributed by atoms with E-state index in [1.165, 1.54) is 89.9 Å². The number of nitrogens with two attached hydrogens (primary N) is 1. The Morgan fingerprint density at radius 3 is 2.22 bits per heavy atom. The second-order valence-electron chi connectivity index (χ2n) is 14.6. The van der Waals surface area contributed by atoms with Crippen molar-refractivity contribution in [3.05, 3.63) is 57.9 Å². The van der Waals surface area contributed by atoms with Gasteiger partial charge in [0.2, 0.25) is 0 Å². The number of nitriles is 2. The average molecular weight is 803 g/mol. The Kier molecular flexibility index (Phi) is 22.7. The van der Waals surface area contributed by atoms with Gasteiger partial charge >= 0.3 is 7.82 Å². The molecule has 1 fully saturated rings. The first-order valence-corrected chi connectivity index (χ1v) is 22.3. The molecule has 0 spiro atoms. The number of fused-ring (bicyclic) bond motifs is 1. The number of phosphoric ester groups is 1. The van der Waals surface area contributed by atoms with Crippen molar-refractivity contribution in [2.24, 2.45) is 10.7 Å². The second kappa shape index (κ2) is 26.8. The molecule has 0 saturated carbocycles. The third-order valence-electron chi connectivity index (χ3n) is 10.1. The summed E-state index contributed by atoms with van der Waals surface area (Å²) in [6.45, 7) is 6.18. The predicted octanol–water partition coefficient (Wildman–Crippen LogP) is 10.4. The fourth-order valence-corrected chi connectivity index (χ4v) is 8.16. The second-order valence-corrected chi connectivity index (χ2v) is 16.5. The van der Waals surface area contributed by atoms with Gasteiger partial charge in [0, 0.05) is 11.6 Å². The zero-order chi connectivity index (χ0) is 39.7. The molecule has 2 aliphatic heterocycles. The summed E-state index contributed by atoms with van der Waals surface area (Å²) in [7, 11) is -4.37. The molecule has 55 heavy (non-hydrogen) atoms. The molecule has 0 aliphatic carbocycles. The van der Waals surface area contributed by atoms with E-state index >= 15 is 0 Å². The van der Waals surface area contributed by atoms with Gasteiger partial charge in [0.1, 0.15) is 18.2 Å². The van der Waals surface area contributed by atoms with E-state index in [1.54, 1.807) is 18.2 Å². The number of amidine groups is 1. The van der Waals surface area contributed by atoms with Crippen molar-refractivity contribution in [3.8, 4) is 12.6 Å². The number of nitrogens with zero attached hydrogens (tertiary/aromatic N) is 4. The highest BCUT2D eigenvalue weighted by atomic mass is 35.5. The van der Waals surface area contributed by atoms with Gasteiger partial charge in [-0.05, 0) is 55.2 Å². The highest BCUT2D eigenvalue weighted by molar-refractivity contribution is 7.47. The molecule has 2 aromatic rings. The molecule has 4 N–H and O–H groups in total. The normalized spacial score (nSPS) is 17.9. The van der Waals surface area contributed by atoms with Crippen molar-refractivity contribution in [1.29, 1.82) is 10.5 Å². The lowest BCUT2D eigenvalue weighted by atomic mass is 10.0. The molecule has 4 atom stereocenters. The van der Waals surface area contributed by atoms with Gasteiger partial charge in [0.15, 0.2) is 0 Å². The quantitative estimate of drug-likeness (QED) is 0.0554. The van der Waals surface area contributed by atoms with Crippen molar-refractivity contribution < 1.29 is 28.0 Å². The summed E-state index contributed by atoms with van der Waals surface area (Å²) in [6, 6.07) is 11.1. The van der Waals surface area contributed by atoms with Crippen LogP contribution in [0.5, 0.6) is 0 Å². The van der Waals surface area contributed by atoms with Crippen molar-refractivity contribution in [3.63, 3.8) is 0 Å². The minimum absolute atomic E-state index is 0.0704. The number of rotatable bonds is 28. The van der Waals surface area contributed by atoms with E-state index in [9.17, 15) is 14.7 Å². The number of unbranched alkanes of at least 4 members (excludes halogenated alkanes) is 16. The van der Waals surface area contributed by atoms with Gasteiger partial charge in [-0.2, -0.15) is 5.26 Å². The average Bonchev–Trinajstić information content (AvgIpc) is 3.85. The van der Waals surface area contributed by atoms with Gasteiger partial charge in [-0.15, -0.1) is 0 Å². The molecule has 14 heteroatoms. The minimum atomic E-state index is -4.37. The maximum atomic E-state index is 13.0. The highest BCUT2D eigenvalue weighted by Gasteiger charge is 2.33. The van der Waals surface area contributed by atoms with E-state index in [2.05, 4.69) is 30.0 Å². The molecule has 0 radical (unpaired) electrons. The molecule has 0 bridgehead atoms. The number of aliphatic imine (C=N–C) groups is 1. The maximum Gasteiger partial charge on any atom is 0.472 e. The molecule has 1 aromatic carbocycles. The first-order valence-electron chi connectivity index (χ1n) is 20.4. The lowest BCUT2D eigenvalue weighted by Crippen LogP contribution is -2.32. The Hall–Kier alpha value is -2.93. The SMILES string of the molecule is C#N.CCCCCCCCCCCCCCCCCCCC(COP(=O)(O)OCC1CCC(c2ccc3n2NCN=C3N)O1)OCc1cc(Cl)cc(C#N)c1. The van der Waals surface area contributed by atoms with Crippen LogP contribution in [0, 0.1) is 23.2 Å². The predicted molar refractivity (Wildman–Crippen MR) is 218 cm³/mol. The van der Waals surface area contributed by atoms with Gasteiger partial charge in [0.05, 0.1) is 55.5 Å². The van der Waals surface area contributed by atoms with Gasteiger partial charge in [-0.1, -0.05) is 128 Å². The summed E-state index contributed by atoms with van der Waals surface area (Å²) >= 11 is 6.20. The lowest BCUT2D eigenvalue weighted by molar-refractivity contribution is -0.0174. The molecule has 3 heterocycles. The largest absolute Gasteiger partial charge is 0.472 e. The summed E-state index contributed by atoms with van der Waals surface area (Å²) in [5.74, 6) is 0.470. The topological polar surface area (TPSA) is 177 Å². The van der Waals surface area contributed by atoms with Crippen LogP contribution in [-0.2, 0) is 29.7 Å². The summed E-state index contributed by atoms with van der Waals surface area (Å²) in [4.78, 5) is 14.8. The number of hydrogen-bond acceptors (Lipinski definition) is 10. The zero-order valence-electron chi connectivity index (χ0n) is 32.8. The van der Waals surface area contributed by atoms with Gasteiger partial charge in [0.25, 0.3) is 0 Å². The Bertz CT molecular complexity index is 1530. The Balaban J connectivity index is 0.00000399. The van der Waals surface area contributed by atoms with Crippen LogP contribution in [0.1, 0.15) is 164 Å². The first-order chi connectivity index (χ1) is 26.8. The van der Waals surface area contributed by atoms with Crippen molar-refractivity contribution in [2.45, 2.75) is 160 Å². The van der Waals surface area contributed by atoms with Crippen LogP contribution in [0.4, 0.5) is 0 Å². The molecule has 1 saturated heterocycles. The molecule has 1 aromatic heterocycles. The van der Waals surface area contributed by atoms with Crippen molar-refractivity contribution in [1.82, 2.24) is 4.68 Å². The van der Waals surface area contributed by atoms with Crippen LogP contribution < -0.4 is 11.2 Å². The number of nitrogens with one attached hydrogen (secondary N) is 1. The number of ether oxygens (including phenoxy) is 2. The van der Waals surface area contributed by atoms with Gasteiger partial charge in [-0.3, -0.25) is 13.7 Å². The van der Waals surface area contributed by atoms with E-state index in [-0.39, 0.29) is 32.0 Å². The Morgan fingerprint density at radius 2 is 1.60 bits per heavy atom. The van der Waals surface area contributed by atoms with E-state index in [0.29, 0.717) is 35.9 Å². The number of halogens is 1. The lowest BCUT2D eigenvalue weighted by Gasteiger charge is -2.22. The molecule has 12 nitrogen and oxygen atoms in total. The van der Waals surface area contributed by atoms with Crippen LogP contribution in [0.3, 0.4) is 0 Å². The molecular formula is C41H64ClN6O6P. The van der Waals surface area contributed by atoms with Crippen LogP contribution in [0.25, 0.3) is 0 Å². The summed E-state index contributed by atoms with van der Waals surface area (Å²) in [6.07, 6.45) is 23.1. The molecule has 306 valence electrons. The number of phosphoric acid groups is 1. The number of benzene rings is 1. The van der Waals surface area contributed by atoms with Gasteiger partial charge < -0.3 is 25.5 Å². The molecule has 0 amide bonds. The fourth-order valence-electron chi connectivity index (χ4n) is 7.11. The summed E-state index contributed by atoms with van der Waals surface area (Å²) < 4.78 is 38.0. The minimum Gasteiger partial charge on any atom is -0.382 e. The van der Waals surface area contributed by atoms with Crippen LogP contribution in [-0.4, -0.2) is 47.5 Å². The Labute approximate surface area is 334 Å². The molecule has 4 rings (SSSR count). The third kappa shape index (κ3) is 17.8. The van der Waals surface area contributed by atoms with Crippen LogP contribution >= 0.6 is 19.4 Å². The molecular weight excluding hydrogens is 739 g/mol. The van der Waals surface area contributed by atoms with E-state index in [0.717, 1.165) is 42.6 Å². The standard InChI is InChI=1S/C40H63ClN5O6P.CHN/c1-2-3-4-5-6-7-8-9-10-11-12-13-14-15-16-17-18-19-35(49-28-33-24-32(27-42)25-34(41)26-33)29-50-53(47,48)51-30-36-20-23-39(52-36)37-21-22-38-40(43)44-31-45-46(37)38;1-2/h21-22,24-26,35-36,39,45H,2-20,23,28-31H2,1H3,(H2,43,44)(H,47,48);1H. The van der Waals surface area contributed by atoms with Crippen molar-refractivity contribution in [2.75, 3.05) is 25.3 Å².